The molecule has 1 radical (unpaired) electrons. The minimum absolute atomic E-state index is 0. The van der Waals surface area contributed by atoms with Gasteiger partial charge in [0.1, 0.15) is 0 Å². The normalized spacial score (nSPS) is 10.0. The monoisotopic (exact) mass is 221 g/mol. The number of unbranched alkanes of at least 4 members (excludes halogenated alkanes) is 11. The van der Waals surface area contributed by atoms with E-state index in [9.17, 15) is 0 Å². The summed E-state index contributed by atoms with van der Waals surface area (Å²) in [6, 6.07) is 0. The second kappa shape index (κ2) is 17.4. The number of rotatable bonds is 11. The summed E-state index contributed by atoms with van der Waals surface area (Å²) >= 11 is 0. The van der Waals surface area contributed by atoms with E-state index in [2.05, 4.69) is 13.8 Å². The molecule has 0 aliphatic carbocycles. The van der Waals surface area contributed by atoms with E-state index < -0.39 is 0 Å². The zero-order chi connectivity index (χ0) is 10.5. The third-order valence-electron chi connectivity index (χ3n) is 2.85. The molecule has 15 heavy (non-hydrogen) atoms. The van der Waals surface area contributed by atoms with Crippen molar-refractivity contribution in [1.29, 1.82) is 0 Å². The first-order valence-corrected chi connectivity index (χ1v) is 6.71. The van der Waals surface area contributed by atoms with E-state index in [-0.39, 0.29) is 29.6 Å². The van der Waals surface area contributed by atoms with Gasteiger partial charge in [0.25, 0.3) is 0 Å². The molecule has 0 saturated heterocycles. The zero-order valence-corrected chi connectivity index (χ0v) is 10.2. The first-order valence-electron chi connectivity index (χ1n) is 6.71. The van der Waals surface area contributed by atoms with Crippen LogP contribution in [0.1, 0.15) is 84.0 Å². The van der Waals surface area contributed by atoms with Gasteiger partial charge in [-0.05, 0) is 0 Å². The summed E-state index contributed by atoms with van der Waals surface area (Å²) in [7, 11) is 0. The predicted molar refractivity (Wildman–Crippen MR) is 73.6 cm³/mol. The van der Waals surface area contributed by atoms with Gasteiger partial charge < -0.3 is 0 Å². The van der Waals surface area contributed by atoms with Crippen LogP contribution in [0.5, 0.6) is 0 Å². The van der Waals surface area contributed by atoms with Crippen LogP contribution in [0.2, 0.25) is 0 Å². The second-order valence-corrected chi connectivity index (χ2v) is 4.39. The molecule has 0 aliphatic rings. The van der Waals surface area contributed by atoms with E-state index in [1.807, 2.05) is 0 Å². The fourth-order valence-electron chi connectivity index (χ4n) is 1.84. The summed E-state index contributed by atoms with van der Waals surface area (Å²) in [4.78, 5) is 0. The average Bonchev–Trinajstić information content (AvgIpc) is 2.21. The Labute approximate surface area is 120 Å². The van der Waals surface area contributed by atoms with Gasteiger partial charge in [-0.25, -0.2) is 0 Å². The van der Waals surface area contributed by atoms with Crippen molar-refractivity contribution >= 4 is 29.6 Å². The molecule has 0 aromatic heterocycles. The fraction of sp³-hybridized carbons (Fsp3) is 0.929. The van der Waals surface area contributed by atoms with Crippen LogP contribution in [-0.2, 0) is 0 Å². The molecule has 0 bridgehead atoms. The van der Waals surface area contributed by atoms with E-state index in [1.165, 1.54) is 70.6 Å². The molecule has 0 aromatic carbocycles. The van der Waals surface area contributed by atoms with Gasteiger partial charge in [-0.3, -0.25) is 0 Å². The topological polar surface area (TPSA) is 0 Å². The fourth-order valence-corrected chi connectivity index (χ4v) is 1.84. The first-order chi connectivity index (χ1) is 6.91. The van der Waals surface area contributed by atoms with Crippen molar-refractivity contribution in [2.45, 2.75) is 84.0 Å². The molecular weight excluding hydrogens is 191 g/mol. The third kappa shape index (κ3) is 17.6. The van der Waals surface area contributed by atoms with Crippen LogP contribution < -0.4 is 0 Å². The summed E-state index contributed by atoms with van der Waals surface area (Å²) < 4.78 is 0. The molecule has 0 unspecified atom stereocenters. The summed E-state index contributed by atoms with van der Waals surface area (Å²) in [6.45, 7) is 6.14. The molecule has 0 aliphatic heterocycles. The Kier molecular flexibility index (Phi) is 21.3. The Morgan fingerprint density at radius 2 is 0.933 bits per heavy atom. The SMILES string of the molecule is [CH2]CCCCCCCCCCCCC.[NaH]. The van der Waals surface area contributed by atoms with Gasteiger partial charge in [-0.15, -0.1) is 0 Å². The minimum atomic E-state index is 0. The van der Waals surface area contributed by atoms with Crippen LogP contribution >= 0.6 is 0 Å². The Bertz CT molecular complexity index is 79.3. The molecule has 0 fully saturated rings. The standard InChI is InChI=1S/C14H29.Na.H/c1-3-5-7-9-11-13-14-12-10-8-6-4-2;;/h1,3-14H2,2H3;;. The summed E-state index contributed by atoms with van der Waals surface area (Å²) in [5, 5.41) is 0. The molecular formula is C14H30Na. The van der Waals surface area contributed by atoms with Crippen LogP contribution in [-0.4, -0.2) is 29.6 Å². The van der Waals surface area contributed by atoms with E-state index >= 15 is 0 Å². The maximum atomic E-state index is 3.86. The summed E-state index contributed by atoms with van der Waals surface area (Å²) in [5.74, 6) is 0. The molecule has 0 rings (SSSR count). The van der Waals surface area contributed by atoms with Crippen molar-refractivity contribution in [2.24, 2.45) is 0 Å². The van der Waals surface area contributed by atoms with E-state index in [1.54, 1.807) is 0 Å². The van der Waals surface area contributed by atoms with Gasteiger partial charge in [0.2, 0.25) is 0 Å². The molecule has 0 atom stereocenters. The van der Waals surface area contributed by atoms with Crippen molar-refractivity contribution in [3.63, 3.8) is 0 Å². The van der Waals surface area contributed by atoms with Crippen molar-refractivity contribution in [3.8, 4) is 0 Å². The van der Waals surface area contributed by atoms with Crippen LogP contribution in [0.3, 0.4) is 0 Å². The Morgan fingerprint density at radius 3 is 1.27 bits per heavy atom. The van der Waals surface area contributed by atoms with Crippen LogP contribution in [0, 0.1) is 6.92 Å². The Balaban J connectivity index is 0. The average molecular weight is 221 g/mol. The van der Waals surface area contributed by atoms with Gasteiger partial charge in [0, 0.05) is 0 Å². The number of hydrogen-bond donors (Lipinski definition) is 0. The van der Waals surface area contributed by atoms with Crippen molar-refractivity contribution in [3.05, 3.63) is 6.92 Å². The third-order valence-corrected chi connectivity index (χ3v) is 2.85. The van der Waals surface area contributed by atoms with Crippen molar-refractivity contribution in [2.75, 3.05) is 0 Å². The molecule has 0 heterocycles. The molecule has 0 nitrogen and oxygen atoms in total. The Hall–Kier alpha value is 1.00. The van der Waals surface area contributed by atoms with E-state index in [0.29, 0.717) is 0 Å². The van der Waals surface area contributed by atoms with Crippen molar-refractivity contribution < 1.29 is 0 Å². The molecule has 87 valence electrons. The van der Waals surface area contributed by atoms with Gasteiger partial charge in [-0.1, -0.05) is 90.9 Å². The first kappa shape index (κ1) is 18.4. The van der Waals surface area contributed by atoms with Gasteiger partial charge in [-0.2, -0.15) is 0 Å². The molecule has 1 heteroatoms. The van der Waals surface area contributed by atoms with Crippen LogP contribution in [0.15, 0.2) is 0 Å². The van der Waals surface area contributed by atoms with E-state index in [4.69, 9.17) is 0 Å². The van der Waals surface area contributed by atoms with Crippen molar-refractivity contribution in [1.82, 2.24) is 0 Å². The van der Waals surface area contributed by atoms with E-state index in [0.717, 1.165) is 6.42 Å². The van der Waals surface area contributed by atoms with Crippen LogP contribution in [0.25, 0.3) is 0 Å². The summed E-state index contributed by atoms with van der Waals surface area (Å²) in [6.07, 6.45) is 16.9. The zero-order valence-electron chi connectivity index (χ0n) is 10.2. The molecule has 0 spiro atoms. The van der Waals surface area contributed by atoms with Gasteiger partial charge in [0.05, 0.1) is 0 Å². The Morgan fingerprint density at radius 1 is 0.600 bits per heavy atom. The number of hydrogen-bond acceptors (Lipinski definition) is 0. The molecule has 0 aromatic rings. The summed E-state index contributed by atoms with van der Waals surface area (Å²) in [5.41, 5.74) is 0. The van der Waals surface area contributed by atoms with Crippen LogP contribution in [0.4, 0.5) is 0 Å². The second-order valence-electron chi connectivity index (χ2n) is 4.39. The molecule has 0 N–H and O–H groups in total. The maximum absolute atomic E-state index is 3.86. The molecule has 0 saturated carbocycles. The van der Waals surface area contributed by atoms with Gasteiger partial charge in [0.15, 0.2) is 0 Å². The molecule has 0 amide bonds. The van der Waals surface area contributed by atoms with Gasteiger partial charge >= 0.3 is 29.6 Å². The quantitative estimate of drug-likeness (QED) is 0.345. The predicted octanol–water partition coefficient (Wildman–Crippen LogP) is 4.87.